The van der Waals surface area contributed by atoms with Crippen LogP contribution in [0.4, 0.5) is 0 Å². The molecule has 0 bridgehead atoms. The van der Waals surface area contributed by atoms with Crippen molar-refractivity contribution in [3.8, 4) is 0 Å². The molecule has 2 heteroatoms. The Kier molecular flexibility index (Phi) is 7.39. The van der Waals surface area contributed by atoms with Crippen molar-refractivity contribution >= 4 is 23.5 Å². The van der Waals surface area contributed by atoms with E-state index in [1.807, 2.05) is 5.57 Å². The first-order valence-electron chi connectivity index (χ1n) is 14.8. The maximum atomic E-state index is 2.84. The van der Waals surface area contributed by atoms with Gasteiger partial charge in [0.2, 0.25) is 0 Å². The first kappa shape index (κ1) is 25.1. The molecule has 1 aliphatic heterocycles. The minimum Gasteiger partial charge on any atom is -0.140 e. The summed E-state index contributed by atoms with van der Waals surface area (Å²) in [6.07, 6.45) is 22.1. The molecule has 0 nitrogen and oxygen atoms in total. The standard InChI is InChI=1S/C31H52S2/c1-22(2)9-6-10-23(3)26-11-7-12-27-25-14-13-24-21-31(32-19-8-20-33-31)18-17-29(24,4)28(25)15-16-30(26,27)5/h21-23,25-28H,6-20H2,1-5H3/t23-,25+,26-,27+,28+,29+,30-/m1/s1. The number of hydrogen-bond donors (Lipinski definition) is 0. The number of allylic oxidation sites excluding steroid dienone is 1. The summed E-state index contributed by atoms with van der Waals surface area (Å²) in [4.78, 5) is 0. The van der Waals surface area contributed by atoms with Crippen molar-refractivity contribution in [1.82, 2.24) is 0 Å². The van der Waals surface area contributed by atoms with E-state index in [2.05, 4.69) is 64.2 Å². The Morgan fingerprint density at radius 3 is 2.42 bits per heavy atom. The lowest BCUT2D eigenvalue weighted by atomic mass is 9.42. The lowest BCUT2D eigenvalue weighted by Crippen LogP contribution is -2.55. The van der Waals surface area contributed by atoms with E-state index in [-0.39, 0.29) is 0 Å². The lowest BCUT2D eigenvalue weighted by Gasteiger charge is -2.63. The number of fused-ring (bicyclic) bond motifs is 5. The van der Waals surface area contributed by atoms with Gasteiger partial charge in [-0.2, -0.15) is 0 Å². The van der Waals surface area contributed by atoms with E-state index in [1.54, 1.807) is 0 Å². The van der Waals surface area contributed by atoms with E-state index in [9.17, 15) is 0 Å². The zero-order valence-electron chi connectivity index (χ0n) is 22.5. The smallest absolute Gasteiger partial charge is 0.0794 e. The molecule has 0 aromatic carbocycles. The van der Waals surface area contributed by atoms with E-state index >= 15 is 0 Å². The van der Waals surface area contributed by atoms with Gasteiger partial charge >= 0.3 is 0 Å². The predicted octanol–water partition coefficient (Wildman–Crippen LogP) is 9.98. The fraction of sp³-hybridized carbons (Fsp3) is 0.935. The van der Waals surface area contributed by atoms with Crippen LogP contribution in [-0.2, 0) is 0 Å². The minimum atomic E-state index is 0.449. The van der Waals surface area contributed by atoms with Crippen molar-refractivity contribution in [2.24, 2.45) is 46.3 Å². The summed E-state index contributed by atoms with van der Waals surface area (Å²) in [7, 11) is 0. The molecule has 0 aromatic heterocycles. The second-order valence-electron chi connectivity index (χ2n) is 13.7. The van der Waals surface area contributed by atoms with Gasteiger partial charge in [0, 0.05) is 0 Å². The van der Waals surface area contributed by atoms with Gasteiger partial charge in [-0.25, -0.2) is 0 Å². The van der Waals surface area contributed by atoms with Crippen LogP contribution in [0, 0.1) is 46.3 Å². The third kappa shape index (κ3) is 4.53. The van der Waals surface area contributed by atoms with E-state index in [0.717, 1.165) is 35.5 Å². The molecule has 3 saturated carbocycles. The minimum absolute atomic E-state index is 0.449. The third-order valence-electron chi connectivity index (χ3n) is 11.5. The quantitative estimate of drug-likeness (QED) is 0.353. The van der Waals surface area contributed by atoms with Crippen molar-refractivity contribution < 1.29 is 0 Å². The Balaban J connectivity index is 1.33. The van der Waals surface area contributed by atoms with Gasteiger partial charge in [-0.05, 0) is 116 Å². The molecule has 188 valence electrons. The average Bonchev–Trinajstić information content (AvgIpc) is 2.79. The molecule has 33 heavy (non-hydrogen) atoms. The van der Waals surface area contributed by atoms with Crippen LogP contribution in [0.1, 0.15) is 118 Å². The van der Waals surface area contributed by atoms with Crippen LogP contribution in [0.15, 0.2) is 11.6 Å². The Hall–Kier alpha value is 0.440. The van der Waals surface area contributed by atoms with Gasteiger partial charge in [-0.15, -0.1) is 23.5 Å². The topological polar surface area (TPSA) is 0 Å². The van der Waals surface area contributed by atoms with Crippen LogP contribution in [0.3, 0.4) is 0 Å². The zero-order valence-corrected chi connectivity index (χ0v) is 24.1. The molecule has 0 N–H and O–H groups in total. The van der Waals surface area contributed by atoms with Gasteiger partial charge < -0.3 is 0 Å². The summed E-state index contributed by atoms with van der Waals surface area (Å²) < 4.78 is 0.449. The summed E-state index contributed by atoms with van der Waals surface area (Å²) in [5.41, 5.74) is 3.04. The largest absolute Gasteiger partial charge is 0.140 e. The summed E-state index contributed by atoms with van der Waals surface area (Å²) >= 11 is 4.57. The highest BCUT2D eigenvalue weighted by Gasteiger charge is 2.58. The average molecular weight is 489 g/mol. The van der Waals surface area contributed by atoms with Crippen molar-refractivity contribution in [2.75, 3.05) is 11.5 Å². The van der Waals surface area contributed by atoms with Crippen LogP contribution >= 0.6 is 23.5 Å². The van der Waals surface area contributed by atoms with Crippen LogP contribution in [0.25, 0.3) is 0 Å². The van der Waals surface area contributed by atoms with Crippen molar-refractivity contribution in [2.45, 2.75) is 122 Å². The molecule has 1 spiro atoms. The maximum Gasteiger partial charge on any atom is 0.0794 e. The van der Waals surface area contributed by atoms with Gasteiger partial charge in [0.25, 0.3) is 0 Å². The number of thioether (sulfide) groups is 2. The molecule has 5 rings (SSSR count). The summed E-state index contributed by atoms with van der Waals surface area (Å²) in [5, 5.41) is 0. The number of hydrogen-bond acceptors (Lipinski definition) is 2. The zero-order chi connectivity index (χ0) is 23.3. The highest BCUT2D eigenvalue weighted by atomic mass is 32.2. The summed E-state index contributed by atoms with van der Waals surface area (Å²) in [5.74, 6) is 8.55. The fourth-order valence-electron chi connectivity index (χ4n) is 9.72. The highest BCUT2D eigenvalue weighted by Crippen LogP contribution is 2.68. The molecule has 4 fully saturated rings. The van der Waals surface area contributed by atoms with Crippen molar-refractivity contribution in [1.29, 1.82) is 0 Å². The fourth-order valence-corrected chi connectivity index (χ4v) is 13.0. The number of rotatable bonds is 5. The molecule has 7 atom stereocenters. The lowest BCUT2D eigenvalue weighted by molar-refractivity contribution is -0.113. The molecule has 0 unspecified atom stereocenters. The summed E-state index contributed by atoms with van der Waals surface area (Å²) in [6, 6.07) is 0. The second kappa shape index (κ2) is 9.72. The van der Waals surface area contributed by atoms with Crippen LogP contribution in [-0.4, -0.2) is 15.6 Å². The molecule has 4 aliphatic carbocycles. The molecule has 1 saturated heterocycles. The first-order chi connectivity index (χ1) is 15.8. The Labute approximate surface area is 214 Å². The second-order valence-corrected chi connectivity index (χ2v) is 16.9. The van der Waals surface area contributed by atoms with Crippen LogP contribution < -0.4 is 0 Å². The highest BCUT2D eigenvalue weighted by molar-refractivity contribution is 8.19. The van der Waals surface area contributed by atoms with Crippen LogP contribution in [0.2, 0.25) is 0 Å². The molecule has 0 aromatic rings. The molecular formula is C31H52S2. The normalized spacial score (nSPS) is 43.4. The molecule has 0 radical (unpaired) electrons. The Bertz CT molecular complexity index is 718. The van der Waals surface area contributed by atoms with Gasteiger partial charge in [-0.3, -0.25) is 0 Å². The predicted molar refractivity (Wildman–Crippen MR) is 150 cm³/mol. The van der Waals surface area contributed by atoms with Gasteiger partial charge in [-0.1, -0.05) is 72.0 Å². The maximum absolute atomic E-state index is 2.84. The van der Waals surface area contributed by atoms with E-state index < -0.39 is 0 Å². The van der Waals surface area contributed by atoms with E-state index in [0.29, 0.717) is 14.9 Å². The molecule has 0 amide bonds. The SMILES string of the molecule is CC(C)CCC[C@@H](C)[C@H]1CCC[C@H]2[C@@H]3CCC4=CC5(CC[C@]4(C)[C@H]3CC[C@]12C)SCCCS5. The van der Waals surface area contributed by atoms with Gasteiger partial charge in [0.05, 0.1) is 4.08 Å². The van der Waals surface area contributed by atoms with Crippen molar-refractivity contribution in [3.05, 3.63) is 11.6 Å². The third-order valence-corrected chi connectivity index (χ3v) is 14.9. The van der Waals surface area contributed by atoms with E-state index in [1.165, 1.54) is 95.0 Å². The molecular weight excluding hydrogens is 436 g/mol. The van der Waals surface area contributed by atoms with Crippen LogP contribution in [0.5, 0.6) is 0 Å². The van der Waals surface area contributed by atoms with E-state index in [4.69, 9.17) is 0 Å². The van der Waals surface area contributed by atoms with Gasteiger partial charge in [0.1, 0.15) is 0 Å². The summed E-state index contributed by atoms with van der Waals surface area (Å²) in [6.45, 7) is 12.9. The monoisotopic (exact) mass is 488 g/mol. The Morgan fingerprint density at radius 2 is 1.67 bits per heavy atom. The van der Waals surface area contributed by atoms with Crippen molar-refractivity contribution in [3.63, 3.8) is 0 Å². The molecule has 5 aliphatic rings. The Morgan fingerprint density at radius 1 is 0.879 bits per heavy atom. The van der Waals surface area contributed by atoms with Gasteiger partial charge in [0.15, 0.2) is 0 Å². The molecule has 1 heterocycles. The first-order valence-corrected chi connectivity index (χ1v) is 16.7.